The number of aryl methyl sites for hydroxylation is 1. The quantitative estimate of drug-likeness (QED) is 0.789. The topological polar surface area (TPSA) is 93.7 Å². The van der Waals surface area contributed by atoms with E-state index >= 15 is 0 Å². The molecule has 3 heterocycles. The van der Waals surface area contributed by atoms with Crippen molar-refractivity contribution >= 4 is 29.3 Å². The highest BCUT2D eigenvalue weighted by Gasteiger charge is 2.24. The smallest absolute Gasteiger partial charge is 0.321 e. The number of hydrogen-bond acceptors (Lipinski definition) is 5. The maximum absolute atomic E-state index is 12.8. The van der Waals surface area contributed by atoms with Crippen LogP contribution in [0.4, 0.5) is 26.8 Å². The van der Waals surface area contributed by atoms with Crippen LogP contribution in [-0.4, -0.2) is 66.2 Å². The fraction of sp³-hybridized carbons (Fsp3) is 0.455. The first kappa shape index (κ1) is 20.9. The van der Waals surface area contributed by atoms with Crippen LogP contribution in [0.1, 0.15) is 31.3 Å². The van der Waals surface area contributed by atoms with Crippen molar-refractivity contribution in [3.63, 3.8) is 0 Å². The SMILES string of the molecule is Cc1cc(N2CCN(C(=O)Nc3cccc(N4CCNC4=O)c3)CC2)nc(C(C)C)n1. The van der Waals surface area contributed by atoms with Crippen molar-refractivity contribution < 1.29 is 9.59 Å². The van der Waals surface area contributed by atoms with E-state index in [9.17, 15) is 9.59 Å². The van der Waals surface area contributed by atoms with Gasteiger partial charge in [-0.05, 0) is 25.1 Å². The molecule has 4 rings (SSSR count). The van der Waals surface area contributed by atoms with E-state index in [4.69, 9.17) is 4.98 Å². The van der Waals surface area contributed by atoms with E-state index in [0.717, 1.165) is 36.1 Å². The molecule has 9 heteroatoms. The highest BCUT2D eigenvalue weighted by molar-refractivity contribution is 5.95. The summed E-state index contributed by atoms with van der Waals surface area (Å²) in [5.74, 6) is 2.04. The Balaban J connectivity index is 1.36. The molecule has 164 valence electrons. The van der Waals surface area contributed by atoms with E-state index < -0.39 is 0 Å². The summed E-state index contributed by atoms with van der Waals surface area (Å²) in [5.41, 5.74) is 2.41. The van der Waals surface area contributed by atoms with Crippen LogP contribution >= 0.6 is 0 Å². The molecule has 2 aliphatic heterocycles. The highest BCUT2D eigenvalue weighted by Crippen LogP contribution is 2.22. The lowest BCUT2D eigenvalue weighted by Gasteiger charge is -2.35. The van der Waals surface area contributed by atoms with Crippen LogP contribution in [-0.2, 0) is 0 Å². The van der Waals surface area contributed by atoms with Gasteiger partial charge in [-0.1, -0.05) is 19.9 Å². The number of amides is 4. The monoisotopic (exact) mass is 423 g/mol. The molecule has 0 saturated carbocycles. The number of nitrogens with zero attached hydrogens (tertiary/aromatic N) is 5. The summed E-state index contributed by atoms with van der Waals surface area (Å²) in [5, 5.41) is 5.75. The van der Waals surface area contributed by atoms with Crippen LogP contribution in [0.15, 0.2) is 30.3 Å². The summed E-state index contributed by atoms with van der Waals surface area (Å²) in [7, 11) is 0. The summed E-state index contributed by atoms with van der Waals surface area (Å²) in [6, 6.07) is 9.14. The standard InChI is InChI=1S/C22H29N7O2/c1-15(2)20-24-16(3)13-19(26-20)27-9-11-28(12-10-27)22(31)25-17-5-4-6-18(14-17)29-8-7-23-21(29)30/h4-6,13-15H,7-12H2,1-3H3,(H,23,30)(H,25,31). The zero-order valence-electron chi connectivity index (χ0n) is 18.3. The van der Waals surface area contributed by atoms with Crippen molar-refractivity contribution in [3.05, 3.63) is 41.9 Å². The Morgan fingerprint density at radius 2 is 1.87 bits per heavy atom. The Kier molecular flexibility index (Phi) is 5.92. The molecule has 4 amide bonds. The van der Waals surface area contributed by atoms with Gasteiger partial charge < -0.3 is 20.4 Å². The maximum Gasteiger partial charge on any atom is 0.321 e. The Hall–Kier alpha value is -3.36. The van der Waals surface area contributed by atoms with Crippen molar-refractivity contribution in [1.29, 1.82) is 0 Å². The van der Waals surface area contributed by atoms with Gasteiger partial charge in [-0.3, -0.25) is 4.90 Å². The van der Waals surface area contributed by atoms with Crippen molar-refractivity contribution in [1.82, 2.24) is 20.2 Å². The molecule has 0 radical (unpaired) electrons. The third-order valence-corrected chi connectivity index (χ3v) is 5.53. The van der Waals surface area contributed by atoms with E-state index in [1.165, 1.54) is 0 Å². The normalized spacial score (nSPS) is 16.6. The maximum atomic E-state index is 12.8. The van der Waals surface area contributed by atoms with Gasteiger partial charge in [0.1, 0.15) is 11.6 Å². The average molecular weight is 424 g/mol. The van der Waals surface area contributed by atoms with Gasteiger partial charge in [-0.25, -0.2) is 19.6 Å². The fourth-order valence-electron chi connectivity index (χ4n) is 3.81. The predicted octanol–water partition coefficient (Wildman–Crippen LogP) is 2.79. The second-order valence-corrected chi connectivity index (χ2v) is 8.22. The average Bonchev–Trinajstić information content (AvgIpc) is 3.19. The molecule has 2 aliphatic rings. The molecular formula is C22H29N7O2. The van der Waals surface area contributed by atoms with Crippen molar-refractivity contribution in [2.75, 3.05) is 54.4 Å². The Labute approximate surface area is 182 Å². The molecule has 0 spiro atoms. The molecule has 2 N–H and O–H groups in total. The second-order valence-electron chi connectivity index (χ2n) is 8.22. The van der Waals surface area contributed by atoms with Crippen LogP contribution < -0.4 is 20.4 Å². The second kappa shape index (κ2) is 8.79. The summed E-state index contributed by atoms with van der Waals surface area (Å²) < 4.78 is 0. The lowest BCUT2D eigenvalue weighted by molar-refractivity contribution is 0.208. The minimum absolute atomic E-state index is 0.111. The van der Waals surface area contributed by atoms with E-state index in [-0.39, 0.29) is 18.0 Å². The number of piperazine rings is 1. The van der Waals surface area contributed by atoms with Crippen LogP contribution in [0.25, 0.3) is 0 Å². The largest absolute Gasteiger partial charge is 0.353 e. The fourth-order valence-corrected chi connectivity index (χ4v) is 3.81. The van der Waals surface area contributed by atoms with Crippen LogP contribution in [0, 0.1) is 6.92 Å². The molecule has 1 aromatic heterocycles. The molecule has 0 unspecified atom stereocenters. The minimum atomic E-state index is -0.135. The molecule has 2 fully saturated rings. The number of hydrogen-bond donors (Lipinski definition) is 2. The molecular weight excluding hydrogens is 394 g/mol. The summed E-state index contributed by atoms with van der Waals surface area (Å²) in [4.78, 5) is 39.6. The predicted molar refractivity (Wildman–Crippen MR) is 121 cm³/mol. The first-order valence-corrected chi connectivity index (χ1v) is 10.7. The Morgan fingerprint density at radius 1 is 1.10 bits per heavy atom. The number of carbonyl (C=O) groups excluding carboxylic acids is 2. The number of urea groups is 2. The van der Waals surface area contributed by atoms with E-state index in [1.54, 1.807) is 4.90 Å². The Bertz CT molecular complexity index is 970. The number of nitrogens with one attached hydrogen (secondary N) is 2. The van der Waals surface area contributed by atoms with Gasteiger partial charge >= 0.3 is 12.1 Å². The van der Waals surface area contributed by atoms with Gasteiger partial charge in [-0.2, -0.15) is 0 Å². The highest BCUT2D eigenvalue weighted by atomic mass is 16.2. The minimum Gasteiger partial charge on any atom is -0.353 e. The lowest BCUT2D eigenvalue weighted by Crippen LogP contribution is -2.50. The molecule has 2 aromatic rings. The number of benzene rings is 1. The van der Waals surface area contributed by atoms with Crippen LogP contribution in [0.2, 0.25) is 0 Å². The van der Waals surface area contributed by atoms with E-state index in [1.807, 2.05) is 42.2 Å². The van der Waals surface area contributed by atoms with Gasteiger partial charge in [0, 0.05) is 68.3 Å². The zero-order valence-corrected chi connectivity index (χ0v) is 18.3. The molecule has 31 heavy (non-hydrogen) atoms. The number of carbonyl (C=O) groups is 2. The number of aromatic nitrogens is 2. The van der Waals surface area contributed by atoms with Gasteiger partial charge in [0.2, 0.25) is 0 Å². The number of anilines is 3. The third kappa shape index (κ3) is 4.70. The molecule has 1 aromatic carbocycles. The van der Waals surface area contributed by atoms with Crippen LogP contribution in [0.3, 0.4) is 0 Å². The van der Waals surface area contributed by atoms with E-state index in [2.05, 4.69) is 34.4 Å². The van der Waals surface area contributed by atoms with Crippen molar-refractivity contribution in [2.24, 2.45) is 0 Å². The van der Waals surface area contributed by atoms with E-state index in [0.29, 0.717) is 31.9 Å². The summed E-state index contributed by atoms with van der Waals surface area (Å²) in [6.45, 7) is 10.1. The van der Waals surface area contributed by atoms with Gasteiger partial charge in [0.15, 0.2) is 0 Å². The first-order chi connectivity index (χ1) is 14.9. The van der Waals surface area contributed by atoms with Gasteiger partial charge in [0.25, 0.3) is 0 Å². The van der Waals surface area contributed by atoms with Crippen molar-refractivity contribution in [3.8, 4) is 0 Å². The third-order valence-electron chi connectivity index (χ3n) is 5.53. The molecule has 0 atom stereocenters. The molecule has 2 saturated heterocycles. The Morgan fingerprint density at radius 3 is 2.55 bits per heavy atom. The molecule has 0 bridgehead atoms. The summed E-state index contributed by atoms with van der Waals surface area (Å²) >= 11 is 0. The summed E-state index contributed by atoms with van der Waals surface area (Å²) in [6.07, 6.45) is 0. The molecule has 0 aliphatic carbocycles. The molecule has 9 nitrogen and oxygen atoms in total. The van der Waals surface area contributed by atoms with Gasteiger partial charge in [-0.15, -0.1) is 0 Å². The zero-order chi connectivity index (χ0) is 22.0. The number of rotatable bonds is 4. The first-order valence-electron chi connectivity index (χ1n) is 10.7. The lowest BCUT2D eigenvalue weighted by atomic mass is 10.2. The van der Waals surface area contributed by atoms with Gasteiger partial charge in [0.05, 0.1) is 0 Å². The van der Waals surface area contributed by atoms with Crippen LogP contribution in [0.5, 0.6) is 0 Å². The van der Waals surface area contributed by atoms with Crippen molar-refractivity contribution in [2.45, 2.75) is 26.7 Å².